The quantitative estimate of drug-likeness (QED) is 0.249. The summed E-state index contributed by atoms with van der Waals surface area (Å²) in [6.45, 7) is 6.38. The number of aromatic nitrogens is 2. The maximum atomic E-state index is 12.1. The lowest BCUT2D eigenvalue weighted by atomic mass is 10.1. The summed E-state index contributed by atoms with van der Waals surface area (Å²) in [7, 11) is 0. The lowest BCUT2D eigenvalue weighted by Crippen LogP contribution is -2.30. The Hall–Kier alpha value is -3.80. The topological polar surface area (TPSA) is 65.4 Å². The van der Waals surface area contributed by atoms with Crippen LogP contribution in [0.2, 0.25) is 0 Å². The van der Waals surface area contributed by atoms with Gasteiger partial charge < -0.3 is 19.4 Å². The van der Waals surface area contributed by atoms with E-state index >= 15 is 0 Å². The van der Waals surface area contributed by atoms with E-state index in [-0.39, 0.29) is 12.5 Å². The number of imidazole rings is 1. The Morgan fingerprint density at radius 1 is 0.861 bits per heavy atom. The van der Waals surface area contributed by atoms with Crippen LogP contribution in [0.15, 0.2) is 72.8 Å². The van der Waals surface area contributed by atoms with Crippen molar-refractivity contribution in [2.24, 2.45) is 0 Å². The van der Waals surface area contributed by atoms with Crippen LogP contribution in [-0.2, 0) is 17.8 Å². The van der Waals surface area contributed by atoms with Crippen LogP contribution in [0.5, 0.6) is 11.5 Å². The van der Waals surface area contributed by atoms with Gasteiger partial charge in [0.2, 0.25) is 0 Å². The van der Waals surface area contributed by atoms with Gasteiger partial charge in [-0.2, -0.15) is 0 Å². The average Bonchev–Trinajstić information content (AvgIpc) is 3.24. The number of nitrogens with zero attached hydrogens (tertiary/aromatic N) is 2. The number of rotatable bonds is 13. The van der Waals surface area contributed by atoms with E-state index in [1.54, 1.807) is 0 Å². The predicted octanol–water partition coefficient (Wildman–Crippen LogP) is 5.64. The molecule has 0 aliphatic carbocycles. The van der Waals surface area contributed by atoms with Crippen LogP contribution in [0.4, 0.5) is 0 Å². The van der Waals surface area contributed by atoms with Crippen molar-refractivity contribution in [3.8, 4) is 11.5 Å². The van der Waals surface area contributed by atoms with Gasteiger partial charge in [0.15, 0.2) is 6.61 Å². The molecule has 0 radical (unpaired) electrons. The van der Waals surface area contributed by atoms with Crippen molar-refractivity contribution in [2.75, 3.05) is 19.8 Å². The molecule has 0 fully saturated rings. The Morgan fingerprint density at radius 3 is 2.42 bits per heavy atom. The monoisotopic (exact) mass is 485 g/mol. The van der Waals surface area contributed by atoms with Gasteiger partial charge in [0.25, 0.3) is 5.91 Å². The van der Waals surface area contributed by atoms with Crippen molar-refractivity contribution >= 4 is 16.9 Å². The molecule has 0 saturated heterocycles. The molecule has 4 aromatic rings. The molecule has 6 nitrogen and oxygen atoms in total. The molecule has 1 amide bonds. The molecule has 4 rings (SSSR count). The summed E-state index contributed by atoms with van der Waals surface area (Å²) in [5, 5.41) is 2.94. The standard InChI is InChI=1S/C30H35N3O3/c1-23-12-10-13-24(2)30(23)35-21-9-8-20-33-27-17-7-6-16-26(27)32-28(33)18-11-19-31-29(34)22-36-25-14-4-3-5-15-25/h3-7,10,12-17H,8-9,11,18-22H2,1-2H3,(H,31,34). The molecule has 36 heavy (non-hydrogen) atoms. The first-order valence-corrected chi connectivity index (χ1v) is 12.7. The van der Waals surface area contributed by atoms with Gasteiger partial charge in [0.1, 0.15) is 17.3 Å². The van der Waals surface area contributed by atoms with Crippen molar-refractivity contribution in [1.29, 1.82) is 0 Å². The summed E-state index contributed by atoms with van der Waals surface area (Å²) >= 11 is 0. The van der Waals surface area contributed by atoms with Crippen LogP contribution in [0.25, 0.3) is 11.0 Å². The van der Waals surface area contributed by atoms with Gasteiger partial charge in [0, 0.05) is 19.5 Å². The normalized spacial score (nSPS) is 10.9. The third-order valence-corrected chi connectivity index (χ3v) is 6.18. The molecule has 3 aromatic carbocycles. The average molecular weight is 486 g/mol. The first-order valence-electron chi connectivity index (χ1n) is 12.7. The molecule has 1 heterocycles. The molecule has 0 unspecified atom stereocenters. The molecule has 0 aliphatic heterocycles. The molecule has 0 atom stereocenters. The maximum absolute atomic E-state index is 12.1. The van der Waals surface area contributed by atoms with Gasteiger partial charge in [-0.15, -0.1) is 0 Å². The van der Waals surface area contributed by atoms with E-state index in [2.05, 4.69) is 60.1 Å². The molecular formula is C30H35N3O3. The fourth-order valence-corrected chi connectivity index (χ4v) is 4.33. The maximum Gasteiger partial charge on any atom is 0.257 e. The van der Waals surface area contributed by atoms with Crippen molar-refractivity contribution in [2.45, 2.75) is 46.1 Å². The van der Waals surface area contributed by atoms with Crippen LogP contribution < -0.4 is 14.8 Å². The third kappa shape index (κ3) is 6.87. The molecule has 188 valence electrons. The molecule has 1 aromatic heterocycles. The summed E-state index contributed by atoms with van der Waals surface area (Å²) in [5.41, 5.74) is 4.52. The smallest absolute Gasteiger partial charge is 0.257 e. The second-order valence-electron chi connectivity index (χ2n) is 9.00. The summed E-state index contributed by atoms with van der Waals surface area (Å²) in [5.74, 6) is 2.64. The minimum absolute atomic E-state index is 0.0205. The Bertz CT molecular complexity index is 1250. The zero-order valence-electron chi connectivity index (χ0n) is 21.2. The number of unbranched alkanes of at least 4 members (excludes halogenated alkanes) is 1. The fraction of sp³-hybridized carbons (Fsp3) is 0.333. The second kappa shape index (κ2) is 12.8. The van der Waals surface area contributed by atoms with Crippen LogP contribution in [0.1, 0.15) is 36.2 Å². The number of para-hydroxylation sites is 4. The SMILES string of the molecule is Cc1cccc(C)c1OCCCCn1c(CCCNC(=O)COc2ccccc2)nc2ccccc21. The van der Waals surface area contributed by atoms with Crippen molar-refractivity contribution in [3.63, 3.8) is 0 Å². The zero-order chi connectivity index (χ0) is 25.2. The van der Waals surface area contributed by atoms with E-state index < -0.39 is 0 Å². The Labute approximate surface area is 213 Å². The molecule has 6 heteroatoms. The molecule has 0 saturated carbocycles. The number of benzene rings is 3. The van der Waals surface area contributed by atoms with E-state index in [1.165, 1.54) is 11.1 Å². The van der Waals surface area contributed by atoms with Crippen LogP contribution in [-0.4, -0.2) is 35.2 Å². The highest BCUT2D eigenvalue weighted by atomic mass is 16.5. The zero-order valence-corrected chi connectivity index (χ0v) is 21.2. The minimum Gasteiger partial charge on any atom is -0.493 e. The van der Waals surface area contributed by atoms with Crippen LogP contribution >= 0.6 is 0 Å². The summed E-state index contributed by atoms with van der Waals surface area (Å²) in [6.07, 6.45) is 3.59. The fourth-order valence-electron chi connectivity index (χ4n) is 4.33. The number of carbonyl (C=O) groups excluding carboxylic acids is 1. The Balaban J connectivity index is 1.25. The third-order valence-electron chi connectivity index (χ3n) is 6.18. The number of ether oxygens (including phenoxy) is 2. The number of fused-ring (bicyclic) bond motifs is 1. The lowest BCUT2D eigenvalue weighted by molar-refractivity contribution is -0.123. The van der Waals surface area contributed by atoms with Crippen LogP contribution in [0, 0.1) is 13.8 Å². The largest absolute Gasteiger partial charge is 0.493 e. The molecule has 0 bridgehead atoms. The van der Waals surface area contributed by atoms with E-state index in [0.29, 0.717) is 18.9 Å². The summed E-state index contributed by atoms with van der Waals surface area (Å²) in [6, 6.07) is 23.9. The number of carbonyl (C=O) groups is 1. The van der Waals surface area contributed by atoms with Gasteiger partial charge in [-0.25, -0.2) is 4.98 Å². The highest BCUT2D eigenvalue weighted by Crippen LogP contribution is 2.23. The van der Waals surface area contributed by atoms with Crippen molar-refractivity contribution < 1.29 is 14.3 Å². The van der Waals surface area contributed by atoms with E-state index in [4.69, 9.17) is 14.5 Å². The first kappa shape index (κ1) is 25.3. The second-order valence-corrected chi connectivity index (χ2v) is 9.00. The van der Waals surface area contributed by atoms with E-state index in [1.807, 2.05) is 36.4 Å². The first-order chi connectivity index (χ1) is 17.6. The highest BCUT2D eigenvalue weighted by Gasteiger charge is 2.11. The van der Waals surface area contributed by atoms with E-state index in [9.17, 15) is 4.79 Å². The molecule has 1 N–H and O–H groups in total. The Kier molecular flexibility index (Phi) is 8.98. The van der Waals surface area contributed by atoms with Gasteiger partial charge in [-0.05, 0) is 68.5 Å². The van der Waals surface area contributed by atoms with Crippen LogP contribution in [0.3, 0.4) is 0 Å². The van der Waals surface area contributed by atoms with Gasteiger partial charge in [0.05, 0.1) is 17.6 Å². The highest BCUT2D eigenvalue weighted by molar-refractivity contribution is 5.77. The van der Waals surface area contributed by atoms with Gasteiger partial charge in [-0.1, -0.05) is 48.5 Å². The number of hydrogen-bond donors (Lipinski definition) is 1. The number of hydrogen-bond acceptors (Lipinski definition) is 4. The summed E-state index contributed by atoms with van der Waals surface area (Å²) < 4.78 is 13.9. The number of aryl methyl sites for hydroxylation is 4. The lowest BCUT2D eigenvalue weighted by Gasteiger charge is -2.13. The molecular weight excluding hydrogens is 450 g/mol. The number of nitrogens with one attached hydrogen (secondary N) is 1. The Morgan fingerprint density at radius 2 is 1.61 bits per heavy atom. The van der Waals surface area contributed by atoms with Crippen molar-refractivity contribution in [1.82, 2.24) is 14.9 Å². The van der Waals surface area contributed by atoms with Gasteiger partial charge in [-0.3, -0.25) is 4.79 Å². The molecule has 0 aliphatic rings. The predicted molar refractivity (Wildman–Crippen MR) is 144 cm³/mol. The molecule has 0 spiro atoms. The van der Waals surface area contributed by atoms with E-state index in [0.717, 1.165) is 54.8 Å². The van der Waals surface area contributed by atoms with Crippen molar-refractivity contribution in [3.05, 3.63) is 89.7 Å². The summed E-state index contributed by atoms with van der Waals surface area (Å²) in [4.78, 5) is 17.0. The minimum atomic E-state index is -0.115. The van der Waals surface area contributed by atoms with Gasteiger partial charge >= 0.3 is 0 Å². The number of amides is 1.